The summed E-state index contributed by atoms with van der Waals surface area (Å²) in [6, 6.07) is 8.44. The molecule has 5 atom stereocenters. The first-order valence-corrected chi connectivity index (χ1v) is 19.6. The van der Waals surface area contributed by atoms with Crippen LogP contribution in [0.5, 0.6) is 0 Å². The standard InChI is InChI=1S/C30H41N8O7PSi/c1-7-22-24(44-46(32)42-18-8-14-31)25(45-47(5,6)30(2,3)4)28(43-22)37-19-33-23-26(37)34-29-35(16-17-36(29)27(23)39)15-13-20-9-11-21(12-10-20)38(40)41/h9-12,16-17,19,22,24-25,28H,7-8,13,15,18,32H2,1-6H3/t22-,24-,25-,28-,46?/m1/s1. The molecule has 15 nitrogen and oxygen atoms in total. The molecule has 47 heavy (non-hydrogen) atoms. The highest BCUT2D eigenvalue weighted by atomic mass is 31.2. The van der Waals surface area contributed by atoms with E-state index in [2.05, 4.69) is 38.8 Å². The SMILES string of the molecule is CC[C@H]1O[C@@H](n2cnc3c(=O)n4ccn(CCc5ccc([N+](=O)[O-])cc5)c4nc32)[C@H](O[Si](C)(C)C(C)(C)C)[C@@H]1OP(N)OCCC#N. The lowest BCUT2D eigenvalue weighted by atomic mass is 10.1. The average molecular weight is 685 g/mol. The summed E-state index contributed by atoms with van der Waals surface area (Å²) in [4.78, 5) is 33.6. The largest absolute Gasteiger partial charge is 0.407 e. The molecule has 1 saturated heterocycles. The van der Waals surface area contributed by atoms with Gasteiger partial charge >= 0.3 is 0 Å². The minimum absolute atomic E-state index is 0.0292. The first-order chi connectivity index (χ1) is 22.3. The number of rotatable bonds is 13. The third kappa shape index (κ3) is 7.16. The van der Waals surface area contributed by atoms with E-state index in [0.29, 0.717) is 30.8 Å². The Balaban J connectivity index is 1.51. The van der Waals surface area contributed by atoms with Crippen molar-refractivity contribution in [3.8, 4) is 6.07 Å². The summed E-state index contributed by atoms with van der Waals surface area (Å²) in [5.41, 5.74) is 7.40. The van der Waals surface area contributed by atoms with Crippen molar-refractivity contribution in [2.24, 2.45) is 5.50 Å². The van der Waals surface area contributed by atoms with E-state index in [1.165, 1.54) is 16.5 Å². The maximum absolute atomic E-state index is 13.6. The van der Waals surface area contributed by atoms with Gasteiger partial charge in [-0.15, -0.1) is 0 Å². The zero-order chi connectivity index (χ0) is 34.1. The zero-order valence-electron chi connectivity index (χ0n) is 27.4. The number of nitrogens with zero attached hydrogens (tertiary/aromatic N) is 7. The fraction of sp³-hybridized carbons (Fsp3) is 0.533. The minimum Gasteiger partial charge on any atom is -0.407 e. The van der Waals surface area contributed by atoms with Gasteiger partial charge in [-0.1, -0.05) is 39.8 Å². The molecule has 0 saturated carbocycles. The van der Waals surface area contributed by atoms with E-state index in [0.717, 1.165) is 5.56 Å². The fourth-order valence-electron chi connectivity index (χ4n) is 5.28. The first kappa shape index (κ1) is 34.8. The Bertz CT molecular complexity index is 1830. The highest BCUT2D eigenvalue weighted by molar-refractivity contribution is 7.44. The second-order valence-corrected chi connectivity index (χ2v) is 18.8. The summed E-state index contributed by atoms with van der Waals surface area (Å²) >= 11 is 0. The van der Waals surface area contributed by atoms with E-state index in [1.54, 1.807) is 35.4 Å². The van der Waals surface area contributed by atoms with Crippen molar-refractivity contribution >= 4 is 39.5 Å². The molecule has 0 bridgehead atoms. The second-order valence-electron chi connectivity index (χ2n) is 13.0. The molecule has 4 aromatic rings. The first-order valence-electron chi connectivity index (χ1n) is 15.5. The van der Waals surface area contributed by atoms with E-state index in [1.807, 2.05) is 17.6 Å². The predicted molar refractivity (Wildman–Crippen MR) is 178 cm³/mol. The number of ether oxygens (including phenoxy) is 1. The highest BCUT2D eigenvalue weighted by Gasteiger charge is 2.52. The zero-order valence-corrected chi connectivity index (χ0v) is 29.3. The van der Waals surface area contributed by atoms with Gasteiger partial charge in [-0.05, 0) is 36.5 Å². The van der Waals surface area contributed by atoms with Crippen molar-refractivity contribution in [1.82, 2.24) is 23.5 Å². The van der Waals surface area contributed by atoms with Crippen molar-refractivity contribution in [3.05, 3.63) is 69.0 Å². The number of hydrogen-bond acceptors (Lipinski definition) is 11. The van der Waals surface area contributed by atoms with E-state index in [4.69, 9.17) is 34.0 Å². The number of aromatic nitrogens is 5. The second kappa shape index (κ2) is 13.9. The van der Waals surface area contributed by atoms with E-state index in [-0.39, 0.29) is 34.8 Å². The molecule has 1 aromatic carbocycles. The lowest BCUT2D eigenvalue weighted by Gasteiger charge is -2.40. The van der Waals surface area contributed by atoms with Gasteiger partial charge in [0.25, 0.3) is 19.8 Å². The van der Waals surface area contributed by atoms with Crippen molar-refractivity contribution in [2.45, 2.75) is 96.2 Å². The van der Waals surface area contributed by atoms with Gasteiger partial charge in [0.05, 0.1) is 36.5 Å². The number of nitrogens with two attached hydrogens (primary N) is 1. The molecule has 0 aliphatic carbocycles. The summed E-state index contributed by atoms with van der Waals surface area (Å²) in [6.07, 6.45) is 3.98. The molecule has 252 valence electrons. The summed E-state index contributed by atoms with van der Waals surface area (Å²) in [5.74, 6) is 0.419. The van der Waals surface area contributed by atoms with Crippen LogP contribution >= 0.6 is 8.53 Å². The Labute approximate surface area is 274 Å². The van der Waals surface area contributed by atoms with E-state index in [9.17, 15) is 14.9 Å². The van der Waals surface area contributed by atoms with Crippen LogP contribution in [-0.4, -0.2) is 61.7 Å². The molecule has 2 N–H and O–H groups in total. The van der Waals surface area contributed by atoms with Crippen LogP contribution in [0.3, 0.4) is 0 Å². The monoisotopic (exact) mass is 684 g/mol. The van der Waals surface area contributed by atoms with Crippen molar-refractivity contribution in [2.75, 3.05) is 6.61 Å². The summed E-state index contributed by atoms with van der Waals surface area (Å²) in [5, 5.41) is 19.8. The summed E-state index contributed by atoms with van der Waals surface area (Å²) < 4.78 is 30.5. The van der Waals surface area contributed by atoms with Gasteiger partial charge in [0.2, 0.25) is 5.78 Å². The van der Waals surface area contributed by atoms with Crippen LogP contribution in [0.1, 0.15) is 52.3 Å². The van der Waals surface area contributed by atoms with Gasteiger partial charge < -0.3 is 22.8 Å². The number of nitro benzene ring substituents is 1. The summed E-state index contributed by atoms with van der Waals surface area (Å²) in [7, 11) is -4.23. The molecule has 1 aliphatic rings. The quantitative estimate of drug-likeness (QED) is 0.0641. The van der Waals surface area contributed by atoms with Crippen molar-refractivity contribution in [1.29, 1.82) is 5.26 Å². The van der Waals surface area contributed by atoms with Crippen molar-refractivity contribution in [3.63, 3.8) is 0 Å². The maximum atomic E-state index is 13.6. The molecule has 0 radical (unpaired) electrons. The smallest absolute Gasteiger partial charge is 0.287 e. The van der Waals surface area contributed by atoms with Gasteiger partial charge in [0.15, 0.2) is 25.7 Å². The molecule has 17 heteroatoms. The Morgan fingerprint density at radius 1 is 1.21 bits per heavy atom. The molecular weight excluding hydrogens is 643 g/mol. The molecule has 1 unspecified atom stereocenters. The number of non-ortho nitro benzene ring substituents is 1. The van der Waals surface area contributed by atoms with Crippen LogP contribution in [0.2, 0.25) is 18.1 Å². The van der Waals surface area contributed by atoms with Gasteiger partial charge in [-0.25, -0.2) is 9.38 Å². The van der Waals surface area contributed by atoms with Gasteiger partial charge in [-0.2, -0.15) is 10.2 Å². The molecule has 4 heterocycles. The van der Waals surface area contributed by atoms with E-state index >= 15 is 0 Å². The lowest BCUT2D eigenvalue weighted by Crippen LogP contribution is -2.49. The Morgan fingerprint density at radius 2 is 1.94 bits per heavy atom. The van der Waals surface area contributed by atoms with Crippen LogP contribution in [0, 0.1) is 21.4 Å². The minimum atomic E-state index is -2.40. The van der Waals surface area contributed by atoms with Gasteiger partial charge in [0, 0.05) is 31.1 Å². The molecular formula is C30H41N8O7PSi. The number of nitriles is 1. The molecule has 3 aromatic heterocycles. The maximum Gasteiger partial charge on any atom is 0.287 e. The van der Waals surface area contributed by atoms with Crippen LogP contribution in [0.15, 0.2) is 47.8 Å². The van der Waals surface area contributed by atoms with Crippen molar-refractivity contribution < 1.29 is 23.1 Å². The number of hydrogen-bond donors (Lipinski definition) is 1. The topological polar surface area (TPSA) is 187 Å². The molecule has 1 aliphatic heterocycles. The van der Waals surface area contributed by atoms with E-state index < -0.39 is 46.3 Å². The summed E-state index contributed by atoms with van der Waals surface area (Å²) in [6.45, 7) is 13.4. The molecule has 1 fully saturated rings. The Morgan fingerprint density at radius 3 is 2.57 bits per heavy atom. The predicted octanol–water partition coefficient (Wildman–Crippen LogP) is 5.20. The van der Waals surface area contributed by atoms with Gasteiger partial charge in [0.1, 0.15) is 12.2 Å². The van der Waals surface area contributed by atoms with Crippen LogP contribution in [0.25, 0.3) is 16.9 Å². The third-order valence-corrected chi connectivity index (χ3v) is 14.3. The van der Waals surface area contributed by atoms with Crippen LogP contribution in [0.4, 0.5) is 5.69 Å². The highest BCUT2D eigenvalue weighted by Crippen LogP contribution is 2.46. The Kier molecular flexibility index (Phi) is 10.3. The lowest BCUT2D eigenvalue weighted by molar-refractivity contribution is -0.384. The number of nitro groups is 1. The number of imidazole rings is 2. The molecule has 0 amide bonds. The number of fused-ring (bicyclic) bond motifs is 2. The number of benzene rings is 1. The fourth-order valence-corrected chi connectivity index (χ4v) is 7.39. The number of aryl methyl sites for hydroxylation is 2. The molecule has 0 spiro atoms. The average Bonchev–Trinajstić information content (AvgIpc) is 3.72. The third-order valence-electron chi connectivity index (χ3n) is 8.91. The van der Waals surface area contributed by atoms with Crippen LogP contribution in [-0.2, 0) is 31.2 Å². The Hall–Kier alpha value is -3.55. The molecule has 5 rings (SSSR count). The normalized spacial score (nSPS) is 21.0. The van der Waals surface area contributed by atoms with Crippen LogP contribution < -0.4 is 11.1 Å². The van der Waals surface area contributed by atoms with Gasteiger partial charge in [-0.3, -0.25) is 25.0 Å².